The fourth-order valence-electron chi connectivity index (χ4n) is 2.78. The molecule has 0 amide bonds. The molecule has 0 fully saturated rings. The van der Waals surface area contributed by atoms with Crippen molar-refractivity contribution >= 4 is 13.3 Å². The summed E-state index contributed by atoms with van der Waals surface area (Å²) in [5.41, 5.74) is 0.689. The molecule has 1 atom stereocenters. The summed E-state index contributed by atoms with van der Waals surface area (Å²) in [4.78, 5) is 4.07. The van der Waals surface area contributed by atoms with E-state index in [0.29, 0.717) is 5.56 Å². The molecular formula is C19H27N2O6P. The molecule has 1 aromatic heterocycles. The number of aromatic hydroxyl groups is 1. The Kier molecular flexibility index (Phi) is 8.11. The summed E-state index contributed by atoms with van der Waals surface area (Å²) in [6, 6.07) is 6.87. The zero-order valence-corrected chi connectivity index (χ0v) is 17.4. The van der Waals surface area contributed by atoms with Crippen LogP contribution in [0.2, 0.25) is 0 Å². The van der Waals surface area contributed by atoms with E-state index in [9.17, 15) is 9.67 Å². The highest BCUT2D eigenvalue weighted by atomic mass is 31.2. The van der Waals surface area contributed by atoms with Gasteiger partial charge in [-0.05, 0) is 43.7 Å². The van der Waals surface area contributed by atoms with E-state index < -0.39 is 13.3 Å². The average Bonchev–Trinajstić information content (AvgIpc) is 2.70. The number of pyridine rings is 1. The van der Waals surface area contributed by atoms with Crippen LogP contribution in [-0.4, -0.2) is 44.1 Å². The Morgan fingerprint density at radius 1 is 1.14 bits per heavy atom. The number of hydrogen-bond donors (Lipinski definition) is 2. The van der Waals surface area contributed by atoms with Gasteiger partial charge in [0.1, 0.15) is 5.66 Å². The molecule has 2 N–H and O–H groups in total. The van der Waals surface area contributed by atoms with Crippen LogP contribution >= 0.6 is 7.60 Å². The van der Waals surface area contributed by atoms with E-state index in [-0.39, 0.29) is 37.0 Å². The third-order valence-electron chi connectivity index (χ3n) is 4.05. The number of nitrogens with zero attached hydrogens (tertiary/aromatic N) is 1. The molecule has 0 radical (unpaired) electrons. The summed E-state index contributed by atoms with van der Waals surface area (Å²) in [5, 5.41) is 13.4. The van der Waals surface area contributed by atoms with Gasteiger partial charge < -0.3 is 28.9 Å². The van der Waals surface area contributed by atoms with Gasteiger partial charge in [-0.1, -0.05) is 0 Å². The smallest absolute Gasteiger partial charge is 0.339 e. The predicted octanol–water partition coefficient (Wildman–Crippen LogP) is 4.22. The topological polar surface area (TPSA) is 99.1 Å². The van der Waals surface area contributed by atoms with Crippen LogP contribution in [-0.2, 0) is 13.6 Å². The Morgan fingerprint density at radius 3 is 2.21 bits per heavy atom. The molecule has 1 heterocycles. The van der Waals surface area contributed by atoms with Gasteiger partial charge in [0.2, 0.25) is 5.75 Å². The summed E-state index contributed by atoms with van der Waals surface area (Å²) < 4.78 is 35.2. The quantitative estimate of drug-likeness (QED) is 0.531. The van der Waals surface area contributed by atoms with Gasteiger partial charge in [-0.25, -0.2) is 0 Å². The van der Waals surface area contributed by atoms with Crippen LogP contribution in [0.5, 0.6) is 17.2 Å². The Morgan fingerprint density at radius 2 is 1.75 bits per heavy atom. The highest BCUT2D eigenvalue weighted by Gasteiger charge is 2.38. The molecule has 0 saturated heterocycles. The fourth-order valence-corrected chi connectivity index (χ4v) is 4.76. The second-order valence-corrected chi connectivity index (χ2v) is 8.01. The van der Waals surface area contributed by atoms with Crippen LogP contribution in [0.15, 0.2) is 36.7 Å². The lowest BCUT2D eigenvalue weighted by molar-refractivity contribution is 0.212. The summed E-state index contributed by atoms with van der Waals surface area (Å²) >= 11 is 0. The van der Waals surface area contributed by atoms with E-state index in [1.807, 2.05) is 6.07 Å². The van der Waals surface area contributed by atoms with Gasteiger partial charge in [0.05, 0.1) is 33.1 Å². The van der Waals surface area contributed by atoms with Crippen molar-refractivity contribution < 1.29 is 28.2 Å². The van der Waals surface area contributed by atoms with Crippen molar-refractivity contribution in [2.75, 3.05) is 39.3 Å². The van der Waals surface area contributed by atoms with Gasteiger partial charge >= 0.3 is 7.60 Å². The first-order valence-corrected chi connectivity index (χ1v) is 10.6. The van der Waals surface area contributed by atoms with E-state index >= 15 is 0 Å². The largest absolute Gasteiger partial charge is 0.502 e. The molecule has 0 saturated carbocycles. The standard InChI is InChI=1S/C19H27N2O6P/c1-5-26-28(23,27-6-2)18(13-21-15-8-7-9-20-12-15)14-10-16(24-3)19(22)17(11-14)25-4/h7-12,18,21-22H,5-6,13H2,1-4H3. The number of aromatic nitrogens is 1. The second kappa shape index (κ2) is 10.3. The molecule has 28 heavy (non-hydrogen) atoms. The molecule has 0 aliphatic rings. The number of rotatable bonds is 11. The molecule has 0 aliphatic carbocycles. The maximum Gasteiger partial charge on any atom is 0.339 e. The van der Waals surface area contributed by atoms with Gasteiger partial charge in [-0.15, -0.1) is 0 Å². The highest BCUT2D eigenvalue weighted by Crippen LogP contribution is 2.62. The van der Waals surface area contributed by atoms with Crippen LogP contribution in [0.3, 0.4) is 0 Å². The monoisotopic (exact) mass is 410 g/mol. The maximum atomic E-state index is 13.6. The van der Waals surface area contributed by atoms with Crippen LogP contribution in [0, 0.1) is 0 Å². The minimum absolute atomic E-state index is 0.129. The lowest BCUT2D eigenvalue weighted by Crippen LogP contribution is -2.16. The minimum Gasteiger partial charge on any atom is -0.502 e. The predicted molar refractivity (Wildman–Crippen MR) is 108 cm³/mol. The second-order valence-electron chi connectivity index (χ2n) is 5.79. The van der Waals surface area contributed by atoms with Crippen molar-refractivity contribution in [1.29, 1.82) is 0 Å². The zero-order valence-electron chi connectivity index (χ0n) is 16.5. The van der Waals surface area contributed by atoms with Crippen molar-refractivity contribution in [2.45, 2.75) is 19.5 Å². The Balaban J connectivity index is 2.49. The molecule has 1 aromatic carbocycles. The van der Waals surface area contributed by atoms with Gasteiger partial charge in [0, 0.05) is 18.9 Å². The summed E-state index contributed by atoms with van der Waals surface area (Å²) in [6.45, 7) is 4.23. The van der Waals surface area contributed by atoms with Crippen LogP contribution in [0.25, 0.3) is 0 Å². The molecule has 8 nitrogen and oxygen atoms in total. The number of methoxy groups -OCH3 is 2. The molecule has 154 valence electrons. The van der Waals surface area contributed by atoms with Gasteiger partial charge in [-0.2, -0.15) is 0 Å². The molecule has 2 aromatic rings. The molecule has 0 aliphatic heterocycles. The Hall–Kier alpha value is -2.28. The van der Waals surface area contributed by atoms with Gasteiger partial charge in [0.25, 0.3) is 0 Å². The Labute approximate surface area is 165 Å². The van der Waals surface area contributed by atoms with Crippen LogP contribution in [0.1, 0.15) is 25.1 Å². The molecular weight excluding hydrogens is 383 g/mol. The first kappa shape index (κ1) is 22.0. The first-order chi connectivity index (χ1) is 13.5. The zero-order chi connectivity index (χ0) is 20.6. The third kappa shape index (κ3) is 5.16. The number of anilines is 1. The van der Waals surface area contributed by atoms with Gasteiger partial charge in [-0.3, -0.25) is 9.55 Å². The number of phenolic OH excluding ortho intramolecular Hbond substituents is 1. The fraction of sp³-hybridized carbons (Fsp3) is 0.421. The van der Waals surface area contributed by atoms with E-state index in [2.05, 4.69) is 10.3 Å². The molecule has 0 spiro atoms. The van der Waals surface area contributed by atoms with Crippen LogP contribution in [0.4, 0.5) is 5.69 Å². The molecule has 9 heteroatoms. The van der Waals surface area contributed by atoms with Crippen molar-refractivity contribution in [3.05, 3.63) is 42.2 Å². The van der Waals surface area contributed by atoms with Crippen LogP contribution < -0.4 is 14.8 Å². The summed E-state index contributed by atoms with van der Waals surface area (Å²) in [5.74, 6) is 0.288. The van der Waals surface area contributed by atoms with Crippen molar-refractivity contribution in [3.8, 4) is 17.2 Å². The van der Waals surface area contributed by atoms with E-state index in [1.54, 1.807) is 44.4 Å². The van der Waals surface area contributed by atoms with E-state index in [4.69, 9.17) is 18.5 Å². The first-order valence-electron chi connectivity index (χ1n) is 8.96. The Bertz CT molecular complexity index is 767. The van der Waals surface area contributed by atoms with Crippen molar-refractivity contribution in [1.82, 2.24) is 4.98 Å². The number of hydrogen-bond acceptors (Lipinski definition) is 8. The molecule has 1 unspecified atom stereocenters. The normalized spacial score (nSPS) is 12.4. The summed E-state index contributed by atoms with van der Waals surface area (Å²) in [6.07, 6.45) is 3.34. The van der Waals surface area contributed by atoms with Crippen molar-refractivity contribution in [2.24, 2.45) is 0 Å². The number of ether oxygens (including phenoxy) is 2. The lowest BCUT2D eigenvalue weighted by Gasteiger charge is -2.28. The lowest BCUT2D eigenvalue weighted by atomic mass is 10.1. The number of nitrogens with one attached hydrogen (secondary N) is 1. The van der Waals surface area contributed by atoms with E-state index in [0.717, 1.165) is 5.69 Å². The van der Waals surface area contributed by atoms with Gasteiger partial charge in [0.15, 0.2) is 11.5 Å². The number of benzene rings is 1. The summed E-state index contributed by atoms with van der Waals surface area (Å²) in [7, 11) is -0.667. The van der Waals surface area contributed by atoms with Crippen molar-refractivity contribution in [3.63, 3.8) is 0 Å². The SMILES string of the molecule is CCOP(=O)(OCC)C(CNc1cccnc1)c1cc(OC)c(O)c(OC)c1. The van der Waals surface area contributed by atoms with E-state index in [1.165, 1.54) is 14.2 Å². The molecule has 2 rings (SSSR count). The number of phenols is 1. The third-order valence-corrected chi connectivity index (χ3v) is 6.53. The average molecular weight is 410 g/mol. The maximum absolute atomic E-state index is 13.6. The minimum atomic E-state index is -3.54. The highest BCUT2D eigenvalue weighted by molar-refractivity contribution is 7.54. The molecule has 0 bridgehead atoms.